The van der Waals surface area contributed by atoms with Crippen molar-refractivity contribution in [3.63, 3.8) is 0 Å². The van der Waals surface area contributed by atoms with Crippen LogP contribution >= 0.6 is 33.9 Å². The summed E-state index contributed by atoms with van der Waals surface area (Å²) in [7, 11) is 0. The Hall–Kier alpha value is -4.54. The number of alkyl halides is 1. The minimum absolute atomic E-state index is 0.0774. The fraction of sp³-hybridized carbons (Fsp3) is 0.129. The molecule has 208 valence electrons. The van der Waals surface area contributed by atoms with E-state index in [1.54, 1.807) is 22.5 Å². The number of halogens is 1. The lowest BCUT2D eigenvalue weighted by atomic mass is 10.0. The SMILES string of the molecule is CC(I)c1ccn2nc(N)c(C(=O)N[C@@H](C)c3cc4cccc(C#Cc5cncs5)c4c(=O)n3-c3ccccc3)c2n1. The third kappa shape index (κ3) is 5.15. The van der Waals surface area contributed by atoms with Gasteiger partial charge in [0.05, 0.1) is 37.6 Å². The second-order valence-corrected chi connectivity index (χ2v) is 12.4. The van der Waals surface area contributed by atoms with Crippen molar-refractivity contribution in [1.29, 1.82) is 0 Å². The zero-order valence-electron chi connectivity index (χ0n) is 22.6. The molecule has 9 nitrogen and oxygen atoms in total. The average Bonchev–Trinajstić information content (AvgIpc) is 3.62. The maximum absolute atomic E-state index is 14.2. The lowest BCUT2D eigenvalue weighted by Crippen LogP contribution is -2.32. The fourth-order valence-corrected chi connectivity index (χ4v) is 5.61. The van der Waals surface area contributed by atoms with Gasteiger partial charge in [-0.1, -0.05) is 58.8 Å². The monoisotopic (exact) mass is 685 g/mol. The number of carbonyl (C=O) groups excluding carboxylic acids is 1. The molecule has 0 saturated heterocycles. The second kappa shape index (κ2) is 11.4. The lowest BCUT2D eigenvalue weighted by Gasteiger charge is -2.21. The number of para-hydroxylation sites is 1. The van der Waals surface area contributed by atoms with E-state index in [-0.39, 0.29) is 20.9 Å². The molecule has 2 atom stereocenters. The van der Waals surface area contributed by atoms with Crippen LogP contribution in [0.5, 0.6) is 0 Å². The van der Waals surface area contributed by atoms with Gasteiger partial charge in [-0.15, -0.1) is 16.4 Å². The van der Waals surface area contributed by atoms with Crippen LogP contribution in [0.4, 0.5) is 5.82 Å². The number of pyridine rings is 1. The summed E-state index contributed by atoms with van der Waals surface area (Å²) in [6, 6.07) is 18.1. The highest BCUT2D eigenvalue weighted by Gasteiger charge is 2.24. The fourth-order valence-electron chi connectivity index (χ4n) is 4.80. The molecule has 0 aliphatic heterocycles. The summed E-state index contributed by atoms with van der Waals surface area (Å²) in [4.78, 5) is 37.4. The van der Waals surface area contributed by atoms with Crippen LogP contribution < -0.4 is 16.6 Å². The van der Waals surface area contributed by atoms with Gasteiger partial charge >= 0.3 is 0 Å². The summed E-state index contributed by atoms with van der Waals surface area (Å²) >= 11 is 3.70. The van der Waals surface area contributed by atoms with E-state index in [2.05, 4.69) is 54.8 Å². The van der Waals surface area contributed by atoms with Crippen molar-refractivity contribution in [1.82, 2.24) is 29.5 Å². The molecule has 0 aliphatic rings. The Labute approximate surface area is 258 Å². The predicted molar refractivity (Wildman–Crippen MR) is 173 cm³/mol. The van der Waals surface area contributed by atoms with Crippen molar-refractivity contribution in [3.05, 3.63) is 116 Å². The van der Waals surface area contributed by atoms with Gasteiger partial charge < -0.3 is 11.1 Å². The van der Waals surface area contributed by atoms with Crippen LogP contribution in [0.25, 0.3) is 22.1 Å². The summed E-state index contributed by atoms with van der Waals surface area (Å²) in [5.41, 5.74) is 10.9. The highest BCUT2D eigenvalue weighted by Crippen LogP contribution is 2.26. The normalized spacial score (nSPS) is 12.5. The van der Waals surface area contributed by atoms with Crippen LogP contribution in [0.3, 0.4) is 0 Å². The summed E-state index contributed by atoms with van der Waals surface area (Å²) < 4.78 is 3.26. The van der Waals surface area contributed by atoms with Crippen LogP contribution in [0.15, 0.2) is 83.4 Å². The molecule has 6 aromatic rings. The number of hydrogen-bond donors (Lipinski definition) is 2. The molecule has 0 bridgehead atoms. The highest BCUT2D eigenvalue weighted by molar-refractivity contribution is 14.1. The molecule has 6 rings (SSSR count). The van der Waals surface area contributed by atoms with E-state index >= 15 is 0 Å². The summed E-state index contributed by atoms with van der Waals surface area (Å²) in [6.07, 6.45) is 3.44. The molecule has 1 amide bonds. The number of nitrogen functional groups attached to an aromatic ring is 1. The van der Waals surface area contributed by atoms with E-state index in [1.807, 2.05) is 74.5 Å². The van der Waals surface area contributed by atoms with E-state index in [0.717, 1.165) is 16.0 Å². The maximum Gasteiger partial charge on any atom is 0.264 e. The number of nitrogens with one attached hydrogen (secondary N) is 1. The van der Waals surface area contributed by atoms with Crippen molar-refractivity contribution < 1.29 is 4.79 Å². The van der Waals surface area contributed by atoms with Crippen molar-refractivity contribution in [2.24, 2.45) is 0 Å². The minimum Gasteiger partial charge on any atom is -0.381 e. The Bertz CT molecular complexity index is 2070. The average molecular weight is 686 g/mol. The van der Waals surface area contributed by atoms with Gasteiger partial charge in [0.15, 0.2) is 11.5 Å². The second-order valence-electron chi connectivity index (χ2n) is 9.62. The number of rotatable bonds is 5. The minimum atomic E-state index is -0.581. The van der Waals surface area contributed by atoms with E-state index < -0.39 is 11.9 Å². The quantitative estimate of drug-likeness (QED) is 0.141. The molecule has 3 N–H and O–H groups in total. The van der Waals surface area contributed by atoms with Crippen molar-refractivity contribution in [3.8, 4) is 17.5 Å². The molecule has 1 unspecified atom stereocenters. The first-order valence-corrected chi connectivity index (χ1v) is 15.2. The van der Waals surface area contributed by atoms with Gasteiger partial charge in [-0.05, 0) is 55.5 Å². The van der Waals surface area contributed by atoms with E-state index in [9.17, 15) is 9.59 Å². The molecule has 0 fully saturated rings. The standard InChI is InChI=1S/C31H24IN7O2S/c1-18(32)24-13-14-38-29(36-24)27(28(33)37-38)30(40)35-19(2)25-15-21-8-6-7-20(11-12-23-16-34-17-42-23)26(21)31(41)39(25)22-9-4-3-5-10-22/h3-10,13-19H,1-2H3,(H2,33,37)(H,35,40)/t18?,19-/m0/s1. The Morgan fingerprint density at radius 2 is 1.90 bits per heavy atom. The maximum atomic E-state index is 14.2. The number of thiazole rings is 1. The van der Waals surface area contributed by atoms with E-state index in [4.69, 9.17) is 5.73 Å². The molecule has 0 aliphatic carbocycles. The molecule has 0 spiro atoms. The first-order chi connectivity index (χ1) is 20.3. The summed E-state index contributed by atoms with van der Waals surface area (Å²) in [6.45, 7) is 3.85. The zero-order valence-corrected chi connectivity index (χ0v) is 25.6. The number of anilines is 1. The van der Waals surface area contributed by atoms with Gasteiger partial charge in [0.25, 0.3) is 11.5 Å². The van der Waals surface area contributed by atoms with Crippen LogP contribution in [0.2, 0.25) is 0 Å². The number of aromatic nitrogens is 5. The van der Waals surface area contributed by atoms with Gasteiger partial charge in [0, 0.05) is 23.1 Å². The smallest absolute Gasteiger partial charge is 0.264 e. The van der Waals surface area contributed by atoms with Gasteiger partial charge in [-0.25, -0.2) is 9.50 Å². The molecule has 42 heavy (non-hydrogen) atoms. The largest absolute Gasteiger partial charge is 0.381 e. The molecule has 11 heteroatoms. The van der Waals surface area contributed by atoms with Crippen LogP contribution in [0.1, 0.15) is 56.0 Å². The number of hydrogen-bond acceptors (Lipinski definition) is 7. The first kappa shape index (κ1) is 27.6. The number of amides is 1. The van der Waals surface area contributed by atoms with Gasteiger partial charge in [0.2, 0.25) is 0 Å². The van der Waals surface area contributed by atoms with Gasteiger partial charge in [-0.3, -0.25) is 19.1 Å². The van der Waals surface area contributed by atoms with E-state index in [1.165, 1.54) is 15.9 Å². The van der Waals surface area contributed by atoms with Crippen LogP contribution in [0, 0.1) is 11.8 Å². The van der Waals surface area contributed by atoms with Crippen LogP contribution in [-0.2, 0) is 0 Å². The lowest BCUT2D eigenvalue weighted by molar-refractivity contribution is 0.0941. The highest BCUT2D eigenvalue weighted by atomic mass is 127. The van der Waals surface area contributed by atoms with Crippen molar-refractivity contribution >= 4 is 62.1 Å². The number of benzene rings is 2. The summed E-state index contributed by atoms with van der Waals surface area (Å²) in [5, 5.41) is 8.53. The predicted octanol–water partition coefficient (Wildman–Crippen LogP) is 5.46. The number of carbonyl (C=O) groups is 1. The third-order valence-electron chi connectivity index (χ3n) is 6.80. The third-order valence-corrected chi connectivity index (χ3v) is 8.13. The molecular weight excluding hydrogens is 661 g/mol. The number of fused-ring (bicyclic) bond motifs is 2. The molecule has 0 saturated carbocycles. The number of nitrogens with two attached hydrogens (primary N) is 1. The van der Waals surface area contributed by atoms with E-state index in [0.29, 0.717) is 28.0 Å². The summed E-state index contributed by atoms with van der Waals surface area (Å²) in [5.74, 6) is 5.90. The molecule has 2 aromatic carbocycles. The Kier molecular flexibility index (Phi) is 7.49. The number of nitrogens with zero attached hydrogens (tertiary/aromatic N) is 5. The van der Waals surface area contributed by atoms with Gasteiger partial charge in [-0.2, -0.15) is 0 Å². The molecular formula is C31H24IN7O2S. The Morgan fingerprint density at radius 1 is 1.10 bits per heavy atom. The molecule has 4 heterocycles. The molecule has 4 aromatic heterocycles. The Balaban J connectivity index is 1.46. The van der Waals surface area contributed by atoms with Crippen molar-refractivity contribution in [2.75, 3.05) is 5.73 Å². The topological polar surface area (TPSA) is 120 Å². The Morgan fingerprint density at radius 3 is 2.64 bits per heavy atom. The van der Waals surface area contributed by atoms with Gasteiger partial charge in [0.1, 0.15) is 5.56 Å². The van der Waals surface area contributed by atoms with Crippen molar-refractivity contribution in [2.45, 2.75) is 23.8 Å². The zero-order chi connectivity index (χ0) is 29.4. The van der Waals surface area contributed by atoms with Crippen LogP contribution in [-0.4, -0.2) is 30.1 Å². The molecule has 0 radical (unpaired) electrons. The first-order valence-electron chi connectivity index (χ1n) is 13.1.